The molecule has 2 amide bonds. The predicted molar refractivity (Wildman–Crippen MR) is 98.0 cm³/mol. The highest BCUT2D eigenvalue weighted by Crippen LogP contribution is 2.19. The molecule has 0 radical (unpaired) electrons. The minimum Gasteiger partial charge on any atom is -0.465 e. The Hall–Kier alpha value is -3.40. The third-order valence-electron chi connectivity index (χ3n) is 3.84. The lowest BCUT2D eigenvalue weighted by Crippen LogP contribution is -3.11. The average molecular weight is 410 g/mol. The van der Waals surface area contributed by atoms with Gasteiger partial charge in [0.05, 0.1) is 31.1 Å². The van der Waals surface area contributed by atoms with E-state index in [-0.39, 0.29) is 24.3 Å². The largest absolute Gasteiger partial charge is 0.465 e. The van der Waals surface area contributed by atoms with Gasteiger partial charge in [-0.05, 0) is 24.3 Å². The van der Waals surface area contributed by atoms with Gasteiger partial charge in [-0.15, -0.1) is 0 Å². The average Bonchev–Trinajstić information content (AvgIpc) is 2.68. The lowest BCUT2D eigenvalue weighted by atomic mass is 10.2. The topological polar surface area (TPSA) is 88.9 Å². The molecule has 1 atom stereocenters. The van der Waals surface area contributed by atoms with Crippen LogP contribution in [0.4, 0.5) is 24.5 Å². The third kappa shape index (κ3) is 5.79. The van der Waals surface area contributed by atoms with Gasteiger partial charge >= 0.3 is 5.97 Å². The number of methoxy groups -OCH3 is 1. The van der Waals surface area contributed by atoms with Gasteiger partial charge in [-0.1, -0.05) is 12.1 Å². The second-order valence-electron chi connectivity index (χ2n) is 6.17. The van der Waals surface area contributed by atoms with Crippen molar-refractivity contribution in [2.24, 2.45) is 0 Å². The lowest BCUT2D eigenvalue weighted by molar-refractivity contribution is -0.862. The van der Waals surface area contributed by atoms with Gasteiger partial charge < -0.3 is 20.3 Å². The molecule has 0 fully saturated rings. The Morgan fingerprint density at radius 1 is 0.897 bits per heavy atom. The van der Waals surface area contributed by atoms with Crippen molar-refractivity contribution in [3.8, 4) is 0 Å². The Morgan fingerprint density at radius 2 is 1.48 bits per heavy atom. The van der Waals surface area contributed by atoms with Crippen LogP contribution in [0.5, 0.6) is 0 Å². The molecular weight excluding hydrogens is 391 g/mol. The number of para-hydroxylation sites is 1. The quantitative estimate of drug-likeness (QED) is 0.469. The number of amides is 2. The normalized spacial score (nSPS) is 11.5. The molecule has 7 nitrogen and oxygen atoms in total. The van der Waals surface area contributed by atoms with E-state index in [1.165, 1.54) is 26.3 Å². The number of nitrogens with one attached hydrogen (secondary N) is 3. The molecule has 0 aliphatic carbocycles. The van der Waals surface area contributed by atoms with Crippen molar-refractivity contribution < 1.29 is 37.2 Å². The summed E-state index contributed by atoms with van der Waals surface area (Å²) >= 11 is 0. The van der Waals surface area contributed by atoms with Crippen LogP contribution in [-0.2, 0) is 14.3 Å². The Bertz CT molecular complexity index is 937. The molecule has 0 aliphatic heterocycles. The molecular formula is C19H19F3N3O4+. The van der Waals surface area contributed by atoms with Crippen molar-refractivity contribution in [1.29, 1.82) is 0 Å². The molecule has 29 heavy (non-hydrogen) atoms. The number of quaternary nitrogens is 1. The molecule has 2 aromatic carbocycles. The van der Waals surface area contributed by atoms with Gasteiger partial charge in [-0.25, -0.2) is 18.0 Å². The van der Waals surface area contributed by atoms with Crippen molar-refractivity contribution in [2.45, 2.75) is 0 Å². The van der Waals surface area contributed by atoms with E-state index in [0.717, 1.165) is 6.07 Å². The summed E-state index contributed by atoms with van der Waals surface area (Å²) in [5, 5.41) is 4.69. The van der Waals surface area contributed by atoms with E-state index in [1.807, 2.05) is 0 Å². The fourth-order valence-corrected chi connectivity index (χ4v) is 2.50. The maximum Gasteiger partial charge on any atom is 0.339 e. The highest BCUT2D eigenvalue weighted by Gasteiger charge is 2.19. The van der Waals surface area contributed by atoms with Crippen LogP contribution in [0.15, 0.2) is 36.4 Å². The van der Waals surface area contributed by atoms with E-state index in [2.05, 4.69) is 15.4 Å². The Labute approximate surface area is 164 Å². The number of anilines is 2. The third-order valence-corrected chi connectivity index (χ3v) is 3.84. The molecule has 1 unspecified atom stereocenters. The number of hydrogen-bond donors (Lipinski definition) is 3. The molecule has 10 heteroatoms. The molecule has 0 bridgehead atoms. The molecule has 2 rings (SSSR count). The van der Waals surface area contributed by atoms with Crippen LogP contribution in [-0.4, -0.2) is 45.0 Å². The number of rotatable bonds is 7. The Morgan fingerprint density at radius 3 is 2.10 bits per heavy atom. The maximum atomic E-state index is 13.6. The first-order chi connectivity index (χ1) is 13.7. The van der Waals surface area contributed by atoms with Crippen molar-refractivity contribution >= 4 is 29.2 Å². The van der Waals surface area contributed by atoms with Gasteiger partial charge in [0, 0.05) is 0 Å². The zero-order chi connectivity index (χ0) is 21.6. The van der Waals surface area contributed by atoms with Crippen molar-refractivity contribution in [1.82, 2.24) is 0 Å². The second-order valence-corrected chi connectivity index (χ2v) is 6.17. The summed E-state index contributed by atoms with van der Waals surface area (Å²) < 4.78 is 44.4. The molecule has 0 spiro atoms. The summed E-state index contributed by atoms with van der Waals surface area (Å²) in [7, 11) is 2.75. The SMILES string of the molecule is COC(=O)c1ccccc1NC(=O)C[NH+](C)CC(=O)Nc1ccc(F)c(F)c1F. The monoisotopic (exact) mass is 410 g/mol. The minimum absolute atomic E-state index is 0.150. The van der Waals surface area contributed by atoms with Crippen LogP contribution in [0, 0.1) is 17.5 Å². The van der Waals surface area contributed by atoms with E-state index < -0.39 is 40.9 Å². The van der Waals surface area contributed by atoms with E-state index in [1.54, 1.807) is 12.1 Å². The summed E-state index contributed by atoms with van der Waals surface area (Å²) in [6, 6.07) is 7.84. The van der Waals surface area contributed by atoms with E-state index >= 15 is 0 Å². The molecule has 3 N–H and O–H groups in total. The smallest absolute Gasteiger partial charge is 0.339 e. The highest BCUT2D eigenvalue weighted by molar-refractivity contribution is 6.01. The highest BCUT2D eigenvalue weighted by atomic mass is 19.2. The van der Waals surface area contributed by atoms with Gasteiger partial charge in [0.25, 0.3) is 11.8 Å². The number of ether oxygens (including phenoxy) is 1. The molecule has 0 aromatic heterocycles. The molecule has 0 heterocycles. The number of carbonyl (C=O) groups excluding carboxylic acids is 3. The van der Waals surface area contributed by atoms with Crippen LogP contribution < -0.4 is 15.5 Å². The molecule has 2 aromatic rings. The standard InChI is InChI=1S/C19H18F3N3O4/c1-25(10-16(27)24-14-8-7-12(20)17(21)18(14)22)9-15(26)23-13-6-4-3-5-11(13)19(28)29-2/h3-8H,9-10H2,1-2H3,(H,23,26)(H,24,27)/p+1. The predicted octanol–water partition coefficient (Wildman–Crippen LogP) is 0.982. The van der Waals surface area contributed by atoms with Crippen molar-refractivity contribution in [3.05, 3.63) is 59.4 Å². The second kappa shape index (κ2) is 9.69. The molecule has 0 saturated carbocycles. The zero-order valence-electron chi connectivity index (χ0n) is 15.6. The first kappa shape index (κ1) is 21.9. The summed E-state index contributed by atoms with van der Waals surface area (Å²) in [6.45, 7) is -0.395. The van der Waals surface area contributed by atoms with Crippen LogP contribution >= 0.6 is 0 Å². The van der Waals surface area contributed by atoms with E-state index in [0.29, 0.717) is 11.0 Å². The van der Waals surface area contributed by atoms with Crippen LogP contribution in [0.1, 0.15) is 10.4 Å². The van der Waals surface area contributed by atoms with Crippen molar-refractivity contribution in [3.63, 3.8) is 0 Å². The fourth-order valence-electron chi connectivity index (χ4n) is 2.50. The molecule has 154 valence electrons. The summed E-state index contributed by atoms with van der Waals surface area (Å²) in [4.78, 5) is 36.3. The minimum atomic E-state index is -1.69. The number of halogens is 3. The van der Waals surface area contributed by atoms with Gasteiger partial charge in [0.1, 0.15) is 0 Å². The summed E-state index contributed by atoms with van der Waals surface area (Å²) in [5.74, 6) is -6.36. The lowest BCUT2D eigenvalue weighted by Gasteiger charge is -2.15. The fraction of sp³-hybridized carbons (Fsp3) is 0.211. The Balaban J connectivity index is 1.93. The number of likely N-dealkylation sites (N-methyl/N-ethyl adjacent to an activating group) is 1. The number of hydrogen-bond acceptors (Lipinski definition) is 4. The van der Waals surface area contributed by atoms with Gasteiger partial charge in [0.2, 0.25) is 0 Å². The Kier molecular flexibility index (Phi) is 7.32. The first-order valence-corrected chi connectivity index (χ1v) is 8.44. The van der Waals surface area contributed by atoms with Gasteiger partial charge in [0.15, 0.2) is 30.5 Å². The number of esters is 1. The number of carbonyl (C=O) groups is 3. The van der Waals surface area contributed by atoms with E-state index in [9.17, 15) is 27.6 Å². The number of benzene rings is 2. The van der Waals surface area contributed by atoms with Crippen LogP contribution in [0.25, 0.3) is 0 Å². The first-order valence-electron chi connectivity index (χ1n) is 8.44. The molecule has 0 aliphatic rings. The van der Waals surface area contributed by atoms with Crippen LogP contribution in [0.2, 0.25) is 0 Å². The summed E-state index contributed by atoms with van der Waals surface area (Å²) in [5.41, 5.74) is -0.0730. The maximum absolute atomic E-state index is 13.6. The summed E-state index contributed by atoms with van der Waals surface area (Å²) in [6.07, 6.45) is 0. The van der Waals surface area contributed by atoms with Crippen molar-refractivity contribution in [2.75, 3.05) is 37.9 Å². The van der Waals surface area contributed by atoms with E-state index in [4.69, 9.17) is 0 Å². The van der Waals surface area contributed by atoms with Gasteiger partial charge in [-0.2, -0.15) is 0 Å². The zero-order valence-corrected chi connectivity index (χ0v) is 15.6. The molecule has 0 saturated heterocycles. The van der Waals surface area contributed by atoms with Gasteiger partial charge in [-0.3, -0.25) is 9.59 Å². The van der Waals surface area contributed by atoms with Crippen LogP contribution in [0.3, 0.4) is 0 Å².